The third-order valence-corrected chi connectivity index (χ3v) is 6.59. The number of hydrogen-bond donors (Lipinski definition) is 2. The van der Waals surface area contributed by atoms with Gasteiger partial charge in [0, 0.05) is 37.0 Å². The highest BCUT2D eigenvalue weighted by Gasteiger charge is 2.34. The van der Waals surface area contributed by atoms with Crippen LogP contribution in [0.25, 0.3) is 34.0 Å². The molecule has 14 nitrogen and oxygen atoms in total. The molecule has 3 heterocycles. The summed E-state index contributed by atoms with van der Waals surface area (Å²) in [4.78, 5) is 62.7. The summed E-state index contributed by atoms with van der Waals surface area (Å²) in [5.41, 5.74) is 0.438. The highest BCUT2D eigenvalue weighted by Crippen LogP contribution is 2.34. The van der Waals surface area contributed by atoms with Gasteiger partial charge in [-0.15, -0.1) is 0 Å². The van der Waals surface area contributed by atoms with Crippen LogP contribution in [0.5, 0.6) is 0 Å². The predicted octanol–water partition coefficient (Wildman–Crippen LogP) is 6.70. The Morgan fingerprint density at radius 1 is 0.957 bits per heavy atom. The fourth-order valence-corrected chi connectivity index (χ4v) is 4.36. The lowest BCUT2D eigenvalue weighted by molar-refractivity contribution is 0.0284. The number of nitrogens with one attached hydrogen (secondary N) is 1. The quantitative estimate of drug-likeness (QED) is 0.219. The first kappa shape index (κ1) is 33.8. The molecule has 4 rings (SSSR count). The van der Waals surface area contributed by atoms with Gasteiger partial charge in [-0.05, 0) is 69.1 Å². The second-order valence-corrected chi connectivity index (χ2v) is 13.1. The van der Waals surface area contributed by atoms with Gasteiger partial charge in [0.25, 0.3) is 5.56 Å². The standard InChI is InChI=1S/C31H33BrN6O8/c1-30(2,3)44-28(42)37(7)16-17-8-10-18(11-9-17)21-13-23(46-36-21)24-25(38(27(40)41)29(43)45-31(4,5)6)33-15-22(35-24)19-12-20(32)26(39)34-14-19/h8-15H,16H2,1-7H3,(H,34,39)(H,40,41). The second-order valence-electron chi connectivity index (χ2n) is 12.2. The molecule has 3 aromatic heterocycles. The van der Waals surface area contributed by atoms with E-state index in [1.165, 1.54) is 29.4 Å². The zero-order valence-electron chi connectivity index (χ0n) is 26.2. The minimum absolute atomic E-state index is 0.00591. The molecular weight excluding hydrogens is 664 g/mol. The number of ether oxygens (including phenoxy) is 2. The fourth-order valence-electron chi connectivity index (χ4n) is 4.00. The Morgan fingerprint density at radius 3 is 2.17 bits per heavy atom. The van der Waals surface area contributed by atoms with Crippen molar-refractivity contribution in [2.45, 2.75) is 59.3 Å². The molecule has 1 aromatic carbocycles. The van der Waals surface area contributed by atoms with E-state index < -0.39 is 29.5 Å². The summed E-state index contributed by atoms with van der Waals surface area (Å²) >= 11 is 3.18. The summed E-state index contributed by atoms with van der Waals surface area (Å²) in [6.45, 7) is 10.5. The van der Waals surface area contributed by atoms with Gasteiger partial charge in [-0.1, -0.05) is 29.4 Å². The molecule has 0 atom stereocenters. The van der Waals surface area contributed by atoms with E-state index in [1.54, 1.807) is 60.7 Å². The SMILES string of the molecule is CN(Cc1ccc(-c2cc(-c3nc(-c4c[nH]c(=O)c(Br)c4)cnc3N(C(=O)O)C(=O)OC(C)(C)C)on2)cc1)C(=O)OC(C)(C)C. The first-order chi connectivity index (χ1) is 21.4. The van der Waals surface area contributed by atoms with Gasteiger partial charge in [0.05, 0.1) is 16.4 Å². The topological polar surface area (TPSA) is 181 Å². The van der Waals surface area contributed by atoms with E-state index in [-0.39, 0.29) is 33.0 Å². The molecule has 0 spiro atoms. The minimum Gasteiger partial charge on any atom is -0.464 e. The largest absolute Gasteiger partial charge is 0.464 e. The van der Waals surface area contributed by atoms with Crippen molar-refractivity contribution in [2.75, 3.05) is 11.9 Å². The number of anilines is 1. The minimum atomic E-state index is -1.66. The number of aromatic amines is 1. The van der Waals surface area contributed by atoms with Crippen molar-refractivity contribution in [2.24, 2.45) is 0 Å². The van der Waals surface area contributed by atoms with Gasteiger partial charge in [0.2, 0.25) is 0 Å². The Bertz CT molecular complexity index is 1820. The van der Waals surface area contributed by atoms with Gasteiger partial charge >= 0.3 is 18.3 Å². The molecule has 46 heavy (non-hydrogen) atoms. The van der Waals surface area contributed by atoms with Gasteiger partial charge in [-0.25, -0.2) is 24.4 Å². The van der Waals surface area contributed by atoms with Crippen molar-refractivity contribution in [3.8, 4) is 34.0 Å². The molecule has 3 amide bonds. The zero-order valence-corrected chi connectivity index (χ0v) is 27.8. The monoisotopic (exact) mass is 696 g/mol. The zero-order chi connectivity index (χ0) is 34.0. The van der Waals surface area contributed by atoms with Crippen molar-refractivity contribution in [3.05, 3.63) is 69.2 Å². The number of carbonyl (C=O) groups excluding carboxylic acids is 2. The number of amides is 3. The van der Waals surface area contributed by atoms with E-state index in [9.17, 15) is 24.3 Å². The van der Waals surface area contributed by atoms with Gasteiger partial charge in [0.15, 0.2) is 17.3 Å². The smallest absolute Gasteiger partial charge is 0.425 e. The van der Waals surface area contributed by atoms with Gasteiger partial charge < -0.3 is 29.0 Å². The number of halogens is 1. The molecule has 0 saturated heterocycles. The number of hydrogen-bond acceptors (Lipinski definition) is 10. The summed E-state index contributed by atoms with van der Waals surface area (Å²) < 4.78 is 16.6. The number of H-pyrrole nitrogens is 1. The summed E-state index contributed by atoms with van der Waals surface area (Å²) in [6.07, 6.45) is -0.633. The van der Waals surface area contributed by atoms with E-state index in [0.29, 0.717) is 28.3 Å². The molecule has 242 valence electrons. The number of rotatable bonds is 6. The Hall–Kier alpha value is -5.05. The lowest BCUT2D eigenvalue weighted by atomic mass is 10.1. The van der Waals surface area contributed by atoms with Crippen LogP contribution in [-0.2, 0) is 16.0 Å². The molecule has 0 unspecified atom stereocenters. The van der Waals surface area contributed by atoms with Crippen LogP contribution in [-0.4, -0.2) is 66.6 Å². The van der Waals surface area contributed by atoms with Gasteiger partial charge in [-0.2, -0.15) is 4.90 Å². The van der Waals surface area contributed by atoms with Crippen LogP contribution in [0.2, 0.25) is 0 Å². The van der Waals surface area contributed by atoms with Crippen LogP contribution in [0.15, 0.2) is 62.6 Å². The van der Waals surface area contributed by atoms with Gasteiger partial charge in [0.1, 0.15) is 16.9 Å². The van der Waals surface area contributed by atoms with Crippen molar-refractivity contribution in [1.29, 1.82) is 0 Å². The highest BCUT2D eigenvalue weighted by molar-refractivity contribution is 9.10. The first-order valence-electron chi connectivity index (χ1n) is 13.9. The third-order valence-electron chi connectivity index (χ3n) is 6.00. The molecular formula is C31H33BrN6O8. The molecule has 0 radical (unpaired) electrons. The van der Waals surface area contributed by atoms with E-state index >= 15 is 0 Å². The second kappa shape index (κ2) is 13.1. The van der Waals surface area contributed by atoms with Crippen molar-refractivity contribution >= 4 is 40.0 Å². The molecule has 15 heteroatoms. The first-order valence-corrected chi connectivity index (χ1v) is 14.7. The Balaban J connectivity index is 1.71. The average molecular weight is 698 g/mol. The van der Waals surface area contributed by atoms with Crippen molar-refractivity contribution < 1.29 is 33.5 Å². The maximum Gasteiger partial charge on any atom is 0.425 e. The van der Waals surface area contributed by atoms with E-state index in [1.807, 2.05) is 12.1 Å². The van der Waals surface area contributed by atoms with Crippen molar-refractivity contribution in [1.82, 2.24) is 25.0 Å². The van der Waals surface area contributed by atoms with Crippen LogP contribution >= 0.6 is 15.9 Å². The number of imide groups is 1. The normalized spacial score (nSPS) is 11.6. The van der Waals surface area contributed by atoms with Crippen LogP contribution in [0, 0.1) is 0 Å². The molecule has 2 N–H and O–H groups in total. The summed E-state index contributed by atoms with van der Waals surface area (Å²) in [5.74, 6) is -0.372. The molecule has 0 fully saturated rings. The van der Waals surface area contributed by atoms with Crippen molar-refractivity contribution in [3.63, 3.8) is 0 Å². The molecule has 0 aliphatic carbocycles. The number of nitrogens with zero attached hydrogens (tertiary/aromatic N) is 5. The molecule has 0 bridgehead atoms. The molecule has 0 saturated carbocycles. The number of benzene rings is 1. The third kappa shape index (κ3) is 8.35. The molecule has 0 aliphatic heterocycles. The fraction of sp³-hybridized carbons (Fsp3) is 0.323. The maximum atomic E-state index is 13.0. The maximum absolute atomic E-state index is 13.0. The molecule has 0 aliphatic rings. The van der Waals surface area contributed by atoms with E-state index in [0.717, 1.165) is 5.56 Å². The van der Waals surface area contributed by atoms with Crippen LogP contribution in [0.1, 0.15) is 47.1 Å². The number of carbonyl (C=O) groups is 3. The summed E-state index contributed by atoms with van der Waals surface area (Å²) in [5, 5.41) is 14.1. The summed E-state index contributed by atoms with van der Waals surface area (Å²) in [7, 11) is 1.64. The highest BCUT2D eigenvalue weighted by atomic mass is 79.9. The Labute approximate surface area is 272 Å². The van der Waals surface area contributed by atoms with Crippen LogP contribution in [0.4, 0.5) is 20.2 Å². The predicted molar refractivity (Wildman–Crippen MR) is 171 cm³/mol. The van der Waals surface area contributed by atoms with Crippen LogP contribution in [0.3, 0.4) is 0 Å². The number of carboxylic acid groups (broad SMARTS) is 1. The Kier molecular flexibility index (Phi) is 9.66. The lowest BCUT2D eigenvalue weighted by Crippen LogP contribution is -2.41. The Morgan fingerprint density at radius 2 is 1.59 bits per heavy atom. The van der Waals surface area contributed by atoms with Gasteiger partial charge in [-0.3, -0.25) is 4.79 Å². The van der Waals surface area contributed by atoms with E-state index in [4.69, 9.17) is 14.0 Å². The lowest BCUT2D eigenvalue weighted by Gasteiger charge is -2.24. The number of aromatic nitrogens is 4. The average Bonchev–Trinajstić information content (AvgIpc) is 3.43. The van der Waals surface area contributed by atoms with E-state index in [2.05, 4.69) is 36.0 Å². The number of pyridine rings is 1. The van der Waals surface area contributed by atoms with Crippen LogP contribution < -0.4 is 10.5 Å². The summed E-state index contributed by atoms with van der Waals surface area (Å²) in [6, 6.07) is 10.2. The molecule has 4 aromatic rings.